The third kappa shape index (κ3) is 4.67. The molecule has 0 saturated carbocycles. The van der Waals surface area contributed by atoms with E-state index in [1.807, 2.05) is 25.4 Å². The lowest BCUT2D eigenvalue weighted by molar-refractivity contribution is 0.0992. The number of rotatable bonds is 6. The lowest BCUT2D eigenvalue weighted by atomic mass is 10.0. The fourth-order valence-electron chi connectivity index (χ4n) is 4.74. The quantitative estimate of drug-likeness (QED) is 0.434. The molecule has 8 nitrogen and oxygen atoms in total. The Morgan fingerprint density at radius 1 is 1.29 bits per heavy atom. The van der Waals surface area contributed by atoms with Gasteiger partial charge in [-0.3, -0.25) is 4.68 Å². The van der Waals surface area contributed by atoms with Gasteiger partial charge in [-0.05, 0) is 44.9 Å². The maximum atomic E-state index is 14.4. The summed E-state index contributed by atoms with van der Waals surface area (Å²) >= 11 is 1.18. The molecule has 10 heteroatoms. The molecule has 1 aliphatic rings. The van der Waals surface area contributed by atoms with Gasteiger partial charge in [0.25, 0.3) is 0 Å². The molecular weight excluding hydrogens is 465 g/mol. The number of likely N-dealkylation sites (tertiary alicyclic amines) is 1. The Kier molecular flexibility index (Phi) is 6.56. The van der Waals surface area contributed by atoms with Crippen molar-refractivity contribution in [2.75, 3.05) is 19.6 Å². The van der Waals surface area contributed by atoms with E-state index in [-0.39, 0.29) is 11.1 Å². The van der Waals surface area contributed by atoms with Gasteiger partial charge < -0.3 is 10.0 Å². The zero-order valence-corrected chi connectivity index (χ0v) is 20.4. The number of fused-ring (bicyclic) bond motifs is 1. The molecule has 1 saturated heterocycles. The number of hydrogen-bond acceptors (Lipinski definition) is 7. The summed E-state index contributed by atoms with van der Waals surface area (Å²) in [6.45, 7) is 6.43. The Bertz CT molecular complexity index is 1400. The smallest absolute Gasteiger partial charge is 0.155 e. The van der Waals surface area contributed by atoms with E-state index in [9.17, 15) is 14.8 Å². The van der Waals surface area contributed by atoms with Gasteiger partial charge in [-0.1, -0.05) is 11.8 Å². The molecule has 0 amide bonds. The van der Waals surface area contributed by atoms with Crippen molar-refractivity contribution in [3.05, 3.63) is 60.1 Å². The molecule has 0 bridgehead atoms. The Balaban J connectivity index is 1.49. The number of piperidine rings is 1. The van der Waals surface area contributed by atoms with Gasteiger partial charge in [-0.25, -0.2) is 13.9 Å². The molecule has 1 N–H and O–H groups in total. The lowest BCUT2D eigenvalue weighted by Crippen LogP contribution is -2.39. The van der Waals surface area contributed by atoms with Gasteiger partial charge in [-0.2, -0.15) is 15.5 Å². The van der Waals surface area contributed by atoms with Gasteiger partial charge >= 0.3 is 0 Å². The van der Waals surface area contributed by atoms with E-state index in [0.29, 0.717) is 28.6 Å². The van der Waals surface area contributed by atoms with Crippen LogP contribution in [0.2, 0.25) is 0 Å². The van der Waals surface area contributed by atoms with E-state index < -0.39 is 5.82 Å². The van der Waals surface area contributed by atoms with Crippen LogP contribution in [-0.4, -0.2) is 60.1 Å². The second-order valence-electron chi connectivity index (χ2n) is 8.92. The highest BCUT2D eigenvalue weighted by atomic mass is 32.2. The highest BCUT2D eigenvalue weighted by molar-refractivity contribution is 7.99. The molecule has 0 spiro atoms. The monoisotopic (exact) mass is 491 g/mol. The Morgan fingerprint density at radius 2 is 2.09 bits per heavy atom. The molecule has 1 atom stereocenters. The molecule has 5 rings (SSSR count). The van der Waals surface area contributed by atoms with Gasteiger partial charge in [0, 0.05) is 53.7 Å². The van der Waals surface area contributed by atoms with Crippen molar-refractivity contribution in [1.29, 1.82) is 5.26 Å². The molecule has 0 unspecified atom stereocenters. The first-order valence-electron chi connectivity index (χ1n) is 11.6. The van der Waals surface area contributed by atoms with Gasteiger partial charge in [0.15, 0.2) is 5.82 Å². The summed E-state index contributed by atoms with van der Waals surface area (Å²) in [5.74, 6) is -0.412. The van der Waals surface area contributed by atoms with Crippen LogP contribution in [0.3, 0.4) is 0 Å². The minimum atomic E-state index is -0.412. The Labute approximate surface area is 207 Å². The number of nitriles is 1. The van der Waals surface area contributed by atoms with Crippen molar-refractivity contribution < 1.29 is 9.50 Å². The number of halogens is 1. The van der Waals surface area contributed by atoms with E-state index in [1.165, 1.54) is 24.0 Å². The number of aliphatic hydroxyl groups excluding tert-OH is 1. The summed E-state index contributed by atoms with van der Waals surface area (Å²) in [6.07, 6.45) is 8.44. The minimum Gasteiger partial charge on any atom is -0.392 e. The van der Waals surface area contributed by atoms with Crippen LogP contribution in [0.15, 0.2) is 52.9 Å². The maximum absolute atomic E-state index is 14.4. The molecular formula is C25H26FN7OS. The third-order valence-corrected chi connectivity index (χ3v) is 7.43. The summed E-state index contributed by atoms with van der Waals surface area (Å²) in [7, 11) is 0. The predicted molar refractivity (Wildman–Crippen MR) is 131 cm³/mol. The van der Waals surface area contributed by atoms with E-state index in [4.69, 9.17) is 5.10 Å². The van der Waals surface area contributed by atoms with Crippen LogP contribution in [0.1, 0.15) is 37.1 Å². The summed E-state index contributed by atoms with van der Waals surface area (Å²) in [4.78, 5) is 7.16. The highest BCUT2D eigenvalue weighted by Crippen LogP contribution is 2.37. The first kappa shape index (κ1) is 23.5. The third-order valence-electron chi connectivity index (χ3n) is 6.41. The summed E-state index contributed by atoms with van der Waals surface area (Å²) < 4.78 is 18.1. The van der Waals surface area contributed by atoms with Crippen LogP contribution in [0.4, 0.5) is 4.39 Å². The van der Waals surface area contributed by atoms with Crippen molar-refractivity contribution in [2.24, 2.45) is 0 Å². The molecule has 0 radical (unpaired) electrons. The van der Waals surface area contributed by atoms with Crippen molar-refractivity contribution in [1.82, 2.24) is 29.3 Å². The zero-order chi connectivity index (χ0) is 24.5. The largest absolute Gasteiger partial charge is 0.392 e. The molecule has 5 heterocycles. The van der Waals surface area contributed by atoms with Crippen LogP contribution in [0.25, 0.3) is 16.6 Å². The maximum Gasteiger partial charge on any atom is 0.155 e. The molecule has 35 heavy (non-hydrogen) atoms. The zero-order valence-electron chi connectivity index (χ0n) is 19.6. The van der Waals surface area contributed by atoms with Gasteiger partial charge in [-0.15, -0.1) is 0 Å². The summed E-state index contributed by atoms with van der Waals surface area (Å²) in [6, 6.07) is 7.35. The first-order valence-corrected chi connectivity index (χ1v) is 12.4. The summed E-state index contributed by atoms with van der Waals surface area (Å²) in [5, 5.41) is 28.6. The molecule has 0 aliphatic carbocycles. The minimum absolute atomic E-state index is 0.244. The Hall–Kier alpha value is -3.26. The predicted octanol–water partition coefficient (Wildman–Crippen LogP) is 4.08. The van der Waals surface area contributed by atoms with Crippen LogP contribution < -0.4 is 0 Å². The van der Waals surface area contributed by atoms with E-state index >= 15 is 0 Å². The highest BCUT2D eigenvalue weighted by Gasteiger charge is 2.24. The number of aliphatic hydroxyl groups is 1. The lowest BCUT2D eigenvalue weighted by Gasteiger charge is -2.33. The molecule has 1 fully saturated rings. The normalized spacial score (nSPS) is 16.0. The standard InChI is InChI=1S/C25H26FN7OS/c1-16(34)14-31-8-5-20(6-9-31)33-17(2)21(13-30-33)18-10-23(35-25-22(26)4-3-7-28-25)24-19(11-27)12-29-32(24)15-18/h3-4,7,10,12-13,15-16,20,34H,5-6,8-9,14H2,1-2H3/t16-/m0/s1. The number of hydrogen-bond donors (Lipinski definition) is 1. The van der Waals surface area contributed by atoms with Crippen molar-refractivity contribution in [2.45, 2.75) is 48.8 Å². The van der Waals surface area contributed by atoms with Crippen molar-refractivity contribution >= 4 is 17.3 Å². The van der Waals surface area contributed by atoms with Crippen LogP contribution >= 0.6 is 11.8 Å². The van der Waals surface area contributed by atoms with Gasteiger partial charge in [0.05, 0.1) is 35.6 Å². The van der Waals surface area contributed by atoms with E-state index in [1.54, 1.807) is 16.8 Å². The molecule has 4 aromatic rings. The fraction of sp³-hybridized carbons (Fsp3) is 0.360. The molecule has 0 aromatic carbocycles. The molecule has 1 aliphatic heterocycles. The Morgan fingerprint density at radius 3 is 2.80 bits per heavy atom. The summed E-state index contributed by atoms with van der Waals surface area (Å²) in [5.41, 5.74) is 3.95. The van der Waals surface area contributed by atoms with Crippen LogP contribution in [0, 0.1) is 24.1 Å². The van der Waals surface area contributed by atoms with E-state index in [2.05, 4.69) is 32.7 Å². The van der Waals surface area contributed by atoms with E-state index in [0.717, 1.165) is 42.8 Å². The van der Waals surface area contributed by atoms with Crippen molar-refractivity contribution in [3.63, 3.8) is 0 Å². The first-order chi connectivity index (χ1) is 16.9. The number of pyridine rings is 2. The number of aromatic nitrogens is 5. The average molecular weight is 492 g/mol. The second-order valence-corrected chi connectivity index (χ2v) is 9.95. The number of β-amino-alcohol motifs (C(OH)–C–C–N with tert-alkyl or cyclic N) is 1. The van der Waals surface area contributed by atoms with Crippen LogP contribution in [-0.2, 0) is 0 Å². The van der Waals surface area contributed by atoms with Crippen molar-refractivity contribution in [3.8, 4) is 17.2 Å². The fourth-order valence-corrected chi connectivity index (χ4v) is 5.71. The number of nitrogens with zero attached hydrogens (tertiary/aromatic N) is 7. The molecule has 4 aromatic heterocycles. The van der Waals surface area contributed by atoms with Gasteiger partial charge in [0.2, 0.25) is 0 Å². The second kappa shape index (κ2) is 9.77. The topological polar surface area (TPSA) is 95.3 Å². The van der Waals surface area contributed by atoms with Gasteiger partial charge in [0.1, 0.15) is 11.1 Å². The SMILES string of the molecule is Cc1c(-c2cc(Sc3ncccc3F)c3c(C#N)cnn3c2)cnn1C1CCN(C[C@H](C)O)CC1. The molecule has 180 valence electrons. The van der Waals surface area contributed by atoms with Crippen LogP contribution in [0.5, 0.6) is 0 Å². The average Bonchev–Trinajstić information content (AvgIpc) is 3.44.